The lowest BCUT2D eigenvalue weighted by atomic mass is 9.98. The molecule has 0 aromatic rings. The van der Waals surface area contributed by atoms with Crippen LogP contribution in [0.3, 0.4) is 0 Å². The number of ether oxygens (including phenoxy) is 2. The Morgan fingerprint density at radius 3 is 2.60 bits per heavy atom. The van der Waals surface area contributed by atoms with E-state index in [1.54, 1.807) is 0 Å². The Bertz CT molecular complexity index is 255. The molecule has 4 N–H and O–H groups in total. The van der Waals surface area contributed by atoms with Gasteiger partial charge in [0.15, 0.2) is 6.29 Å². The first-order chi connectivity index (χ1) is 7.15. The Labute approximate surface area is 85.7 Å². The summed E-state index contributed by atoms with van der Waals surface area (Å²) in [7, 11) is 1.33. The van der Waals surface area contributed by atoms with Gasteiger partial charge in [-0.05, 0) is 0 Å². The van der Waals surface area contributed by atoms with Crippen LogP contribution >= 0.6 is 0 Å². The zero-order valence-electron chi connectivity index (χ0n) is 8.15. The molecule has 0 aromatic carbocycles. The summed E-state index contributed by atoms with van der Waals surface area (Å²) >= 11 is 0. The molecule has 8 nitrogen and oxygen atoms in total. The molecule has 5 unspecified atom stereocenters. The van der Waals surface area contributed by atoms with Gasteiger partial charge in [0.25, 0.3) is 0 Å². The van der Waals surface area contributed by atoms with E-state index < -0.39 is 37.3 Å². The fourth-order valence-electron chi connectivity index (χ4n) is 1.45. The summed E-state index contributed by atoms with van der Waals surface area (Å²) in [5, 5.41) is 31.4. The van der Waals surface area contributed by atoms with Gasteiger partial charge in [-0.2, -0.15) is 0 Å². The minimum absolute atomic E-state index is 0.442. The van der Waals surface area contributed by atoms with Crippen molar-refractivity contribution in [1.29, 1.82) is 5.53 Å². The monoisotopic (exact) mass is 220 g/mol. The first kappa shape index (κ1) is 12.2. The second-order valence-electron chi connectivity index (χ2n) is 3.15. The maximum absolute atomic E-state index is 9.61. The average Bonchev–Trinajstić information content (AvgIpc) is 2.25. The Balaban J connectivity index is 2.83. The summed E-state index contributed by atoms with van der Waals surface area (Å²) in [5.74, 6) is 0. The summed E-state index contributed by atoms with van der Waals surface area (Å²) < 4.78 is 9.98. The van der Waals surface area contributed by atoms with Gasteiger partial charge in [-0.15, -0.1) is 0 Å². The summed E-state index contributed by atoms with van der Waals surface area (Å²) in [6.07, 6.45) is -4.43. The van der Waals surface area contributed by atoms with E-state index in [9.17, 15) is 10.2 Å². The Morgan fingerprint density at radius 1 is 1.47 bits per heavy atom. The van der Waals surface area contributed by atoms with Crippen molar-refractivity contribution in [3.63, 3.8) is 0 Å². The smallest absolute Gasteiger partial charge is 0.214 e. The summed E-state index contributed by atoms with van der Waals surface area (Å²) in [5.41, 5.74) is 6.56. The van der Waals surface area contributed by atoms with Gasteiger partial charge >= 0.3 is 0 Å². The quantitative estimate of drug-likeness (QED) is 0.322. The van der Waals surface area contributed by atoms with Crippen LogP contribution in [0.2, 0.25) is 0 Å². The normalized spacial score (nSPS) is 40.9. The molecule has 15 heavy (non-hydrogen) atoms. The number of methoxy groups -OCH3 is 1. The number of rotatable bonds is 3. The molecule has 0 amide bonds. The van der Waals surface area contributed by atoms with Crippen LogP contribution in [0.15, 0.2) is 5.11 Å². The lowest BCUT2D eigenvalue weighted by molar-refractivity contribution is -0.258. The molecule has 1 rings (SSSR count). The molecule has 1 aliphatic rings. The Morgan fingerprint density at radius 2 is 2.13 bits per heavy atom. The van der Waals surface area contributed by atoms with E-state index in [0.717, 1.165) is 0 Å². The highest BCUT2D eigenvalue weighted by molar-refractivity contribution is 4.92. The second-order valence-corrected chi connectivity index (χ2v) is 3.15. The van der Waals surface area contributed by atoms with Gasteiger partial charge in [0.1, 0.15) is 29.0 Å². The fourth-order valence-corrected chi connectivity index (χ4v) is 1.45. The van der Waals surface area contributed by atoms with Gasteiger partial charge in [0.2, 0.25) is 11.0 Å². The minimum Gasteiger partial charge on any atom is -0.394 e. The highest BCUT2D eigenvalue weighted by Gasteiger charge is 2.47. The van der Waals surface area contributed by atoms with Crippen LogP contribution in [0.25, 0.3) is 0 Å². The molecule has 5 atom stereocenters. The number of hydrogen-bond donors (Lipinski definition) is 4. The first-order valence-corrected chi connectivity index (χ1v) is 4.37. The molecule has 0 aromatic heterocycles. The highest BCUT2D eigenvalue weighted by atomic mass is 16.7. The number of aliphatic hydroxyl groups excluding tert-OH is 3. The van der Waals surface area contributed by atoms with Gasteiger partial charge in [0.05, 0.1) is 6.61 Å². The van der Waals surface area contributed by atoms with Crippen LogP contribution in [0.5, 0.6) is 0 Å². The first-order valence-electron chi connectivity index (χ1n) is 4.37. The van der Waals surface area contributed by atoms with Crippen molar-refractivity contribution in [3.8, 4) is 0 Å². The summed E-state index contributed by atoms with van der Waals surface area (Å²) in [6.45, 7) is -0.442. The van der Waals surface area contributed by atoms with Crippen molar-refractivity contribution in [2.24, 2.45) is 5.11 Å². The van der Waals surface area contributed by atoms with Crippen LogP contribution in [-0.2, 0) is 9.47 Å². The molecular formula is C7H14N3O5+. The third-order valence-electron chi connectivity index (χ3n) is 2.27. The van der Waals surface area contributed by atoms with Crippen LogP contribution in [0.4, 0.5) is 0 Å². The van der Waals surface area contributed by atoms with Gasteiger partial charge in [-0.1, -0.05) is 0 Å². The van der Waals surface area contributed by atoms with E-state index in [-0.39, 0.29) is 0 Å². The van der Waals surface area contributed by atoms with Crippen molar-refractivity contribution in [1.82, 2.24) is 4.91 Å². The van der Waals surface area contributed by atoms with Crippen LogP contribution < -0.4 is 4.91 Å². The van der Waals surface area contributed by atoms with E-state index in [1.807, 2.05) is 0 Å². The van der Waals surface area contributed by atoms with E-state index >= 15 is 0 Å². The van der Waals surface area contributed by atoms with Gasteiger partial charge < -0.3 is 24.8 Å². The maximum atomic E-state index is 9.61. The fraction of sp³-hybridized carbons (Fsp3) is 1.00. The molecular weight excluding hydrogens is 206 g/mol. The number of nitrogens with zero attached hydrogens (tertiary/aromatic N) is 2. The lowest BCUT2D eigenvalue weighted by Crippen LogP contribution is -2.58. The van der Waals surface area contributed by atoms with Crippen molar-refractivity contribution >= 4 is 0 Å². The van der Waals surface area contributed by atoms with Crippen molar-refractivity contribution < 1.29 is 24.8 Å². The molecule has 0 radical (unpaired) electrons. The largest absolute Gasteiger partial charge is 0.394 e. The second kappa shape index (κ2) is 5.26. The zero-order chi connectivity index (χ0) is 11.4. The average molecular weight is 220 g/mol. The van der Waals surface area contributed by atoms with E-state index in [4.69, 9.17) is 20.1 Å². The maximum Gasteiger partial charge on any atom is 0.214 e. The van der Waals surface area contributed by atoms with Crippen molar-refractivity contribution in [3.05, 3.63) is 0 Å². The number of hydrogen-bond acceptors (Lipinski definition) is 7. The topological polar surface area (TPSA) is 129 Å². The predicted molar refractivity (Wildman–Crippen MR) is 45.8 cm³/mol. The third kappa shape index (κ3) is 2.37. The standard InChI is InChI=1S/C7H14N3O5/c1-14-7-4(9-10-8)6(13)5(12)3(2-11)15-7/h3-8,11-13H,2H2,1H3/q+1. The molecule has 1 fully saturated rings. The molecule has 0 bridgehead atoms. The Kier molecular flexibility index (Phi) is 4.28. The number of nitrogens with one attached hydrogen (secondary N) is 1. The number of aliphatic hydroxyl groups is 3. The van der Waals surface area contributed by atoms with Gasteiger partial charge in [-0.3, -0.25) is 0 Å². The summed E-state index contributed by atoms with van der Waals surface area (Å²) in [6, 6.07) is -0.967. The molecule has 1 aliphatic heterocycles. The van der Waals surface area contributed by atoms with E-state index in [1.165, 1.54) is 7.11 Å². The highest BCUT2D eigenvalue weighted by Crippen LogP contribution is 2.23. The molecule has 0 saturated carbocycles. The third-order valence-corrected chi connectivity index (χ3v) is 2.27. The molecule has 8 heteroatoms. The minimum atomic E-state index is -1.28. The lowest BCUT2D eigenvalue weighted by Gasteiger charge is -2.37. The molecule has 1 saturated heterocycles. The van der Waals surface area contributed by atoms with E-state index in [0.29, 0.717) is 0 Å². The Hall–Kier alpha value is -0.890. The SMILES string of the molecule is COC1OC(CO)C(O)C(O)C1N=[N+]=N. The summed E-state index contributed by atoms with van der Waals surface area (Å²) in [4.78, 5) is 2.77. The van der Waals surface area contributed by atoms with Gasteiger partial charge in [0, 0.05) is 7.11 Å². The molecule has 0 spiro atoms. The molecule has 0 aliphatic carbocycles. The van der Waals surface area contributed by atoms with E-state index in [2.05, 4.69) is 10.0 Å². The molecule has 86 valence electrons. The van der Waals surface area contributed by atoms with Crippen LogP contribution in [0.1, 0.15) is 0 Å². The molecule has 1 heterocycles. The van der Waals surface area contributed by atoms with Crippen molar-refractivity contribution in [2.45, 2.75) is 30.6 Å². The van der Waals surface area contributed by atoms with Crippen LogP contribution in [0, 0.1) is 5.53 Å². The van der Waals surface area contributed by atoms with Gasteiger partial charge in [-0.25, -0.2) is 0 Å². The van der Waals surface area contributed by atoms with Crippen LogP contribution in [-0.4, -0.2) is 59.7 Å². The zero-order valence-corrected chi connectivity index (χ0v) is 8.15. The van der Waals surface area contributed by atoms with Crippen molar-refractivity contribution in [2.75, 3.05) is 13.7 Å². The predicted octanol–water partition coefficient (Wildman–Crippen LogP) is -2.01.